The summed E-state index contributed by atoms with van der Waals surface area (Å²) in [5.74, 6) is 0.361. The van der Waals surface area contributed by atoms with Crippen molar-refractivity contribution in [1.82, 2.24) is 5.32 Å². The zero-order valence-corrected chi connectivity index (χ0v) is 10.6. The predicted octanol–water partition coefficient (Wildman–Crippen LogP) is 1.96. The third-order valence-electron chi connectivity index (χ3n) is 3.45. The number of anilines is 1. The Bertz CT molecular complexity index is 397. The average Bonchev–Trinajstić information content (AvgIpc) is 2.39. The van der Waals surface area contributed by atoms with Gasteiger partial charge in [-0.2, -0.15) is 0 Å². The van der Waals surface area contributed by atoms with E-state index in [1.54, 1.807) is 4.90 Å². The zero-order chi connectivity index (χ0) is 12.3. The molecule has 0 saturated carbocycles. The number of para-hydroxylation sites is 1. The van der Waals surface area contributed by atoms with Gasteiger partial charge in [-0.15, -0.1) is 0 Å². The Kier molecular flexibility index (Phi) is 3.79. The molecule has 1 amide bonds. The van der Waals surface area contributed by atoms with E-state index in [1.807, 2.05) is 38.2 Å². The van der Waals surface area contributed by atoms with E-state index >= 15 is 0 Å². The van der Waals surface area contributed by atoms with Crippen LogP contribution in [-0.4, -0.2) is 26.0 Å². The van der Waals surface area contributed by atoms with Gasteiger partial charge in [0.1, 0.15) is 0 Å². The van der Waals surface area contributed by atoms with Gasteiger partial charge < -0.3 is 10.2 Å². The molecule has 1 atom stereocenters. The van der Waals surface area contributed by atoms with Gasteiger partial charge in [-0.1, -0.05) is 18.2 Å². The summed E-state index contributed by atoms with van der Waals surface area (Å²) >= 11 is 0. The summed E-state index contributed by atoms with van der Waals surface area (Å²) in [6, 6.07) is 8.02. The van der Waals surface area contributed by atoms with Crippen LogP contribution < -0.4 is 10.2 Å². The number of carbonyl (C=O) groups is 1. The van der Waals surface area contributed by atoms with Crippen molar-refractivity contribution in [3.63, 3.8) is 0 Å². The fourth-order valence-electron chi connectivity index (χ4n) is 2.39. The maximum Gasteiger partial charge on any atom is 0.231 e. The second kappa shape index (κ2) is 5.32. The number of hydrogen-bond acceptors (Lipinski definition) is 2. The highest BCUT2D eigenvalue weighted by Gasteiger charge is 2.24. The van der Waals surface area contributed by atoms with Crippen LogP contribution in [0, 0.1) is 12.8 Å². The minimum absolute atomic E-state index is 0.133. The van der Waals surface area contributed by atoms with Crippen molar-refractivity contribution in [2.24, 2.45) is 5.92 Å². The first-order chi connectivity index (χ1) is 8.20. The van der Waals surface area contributed by atoms with Crippen LogP contribution in [0.1, 0.15) is 18.4 Å². The number of hydrogen-bond donors (Lipinski definition) is 1. The van der Waals surface area contributed by atoms with Crippen molar-refractivity contribution < 1.29 is 4.79 Å². The zero-order valence-electron chi connectivity index (χ0n) is 10.6. The van der Waals surface area contributed by atoms with Crippen molar-refractivity contribution in [2.75, 3.05) is 25.0 Å². The molecule has 0 aromatic heterocycles. The van der Waals surface area contributed by atoms with Crippen LogP contribution in [0.15, 0.2) is 24.3 Å². The lowest BCUT2D eigenvalue weighted by atomic mass is 9.98. The largest absolute Gasteiger partial charge is 0.316 e. The molecule has 0 bridgehead atoms. The van der Waals surface area contributed by atoms with Crippen LogP contribution in [0.5, 0.6) is 0 Å². The second-order valence-corrected chi connectivity index (χ2v) is 4.73. The minimum Gasteiger partial charge on any atom is -0.316 e. The van der Waals surface area contributed by atoms with Gasteiger partial charge in [-0.3, -0.25) is 4.79 Å². The van der Waals surface area contributed by atoms with Crippen LogP contribution in [0.2, 0.25) is 0 Å². The summed E-state index contributed by atoms with van der Waals surface area (Å²) in [6.45, 7) is 3.89. The van der Waals surface area contributed by atoms with Crippen molar-refractivity contribution in [1.29, 1.82) is 0 Å². The molecule has 17 heavy (non-hydrogen) atoms. The number of aryl methyl sites for hydroxylation is 1. The van der Waals surface area contributed by atoms with Crippen molar-refractivity contribution in [2.45, 2.75) is 19.8 Å². The van der Waals surface area contributed by atoms with Gasteiger partial charge >= 0.3 is 0 Å². The molecule has 1 heterocycles. The molecule has 1 aromatic carbocycles. The van der Waals surface area contributed by atoms with E-state index in [0.29, 0.717) is 0 Å². The summed E-state index contributed by atoms with van der Waals surface area (Å²) in [5.41, 5.74) is 2.16. The molecule has 1 aliphatic rings. The fraction of sp³-hybridized carbons (Fsp3) is 0.500. The van der Waals surface area contributed by atoms with Crippen LogP contribution in [0.3, 0.4) is 0 Å². The third kappa shape index (κ3) is 2.67. The Morgan fingerprint density at radius 2 is 2.18 bits per heavy atom. The first-order valence-electron chi connectivity index (χ1n) is 6.24. The summed E-state index contributed by atoms with van der Waals surface area (Å²) in [4.78, 5) is 14.1. The molecule has 3 heteroatoms. The number of rotatable bonds is 2. The van der Waals surface area contributed by atoms with Gasteiger partial charge in [-0.05, 0) is 37.9 Å². The molecule has 1 fully saturated rings. The standard InChI is InChI=1S/C14H20N2O/c1-11-6-3-4-8-13(11)16(2)14(17)12-7-5-9-15-10-12/h3-4,6,8,12,15H,5,7,9-10H2,1-2H3/t12-/m1/s1. The molecule has 3 nitrogen and oxygen atoms in total. The number of benzene rings is 1. The SMILES string of the molecule is Cc1ccccc1N(C)C(=O)[C@@H]1CCCNC1. The van der Waals surface area contributed by atoms with Gasteiger partial charge in [0.15, 0.2) is 0 Å². The summed E-state index contributed by atoms with van der Waals surface area (Å²) in [6.07, 6.45) is 2.10. The Morgan fingerprint density at radius 3 is 2.82 bits per heavy atom. The lowest BCUT2D eigenvalue weighted by Crippen LogP contribution is -2.41. The Morgan fingerprint density at radius 1 is 1.41 bits per heavy atom. The van der Waals surface area contributed by atoms with Crippen LogP contribution >= 0.6 is 0 Å². The summed E-state index contributed by atoms with van der Waals surface area (Å²) < 4.78 is 0. The molecule has 92 valence electrons. The summed E-state index contributed by atoms with van der Waals surface area (Å²) in [5, 5.41) is 3.29. The number of carbonyl (C=O) groups excluding carboxylic acids is 1. The van der Waals surface area contributed by atoms with Crippen molar-refractivity contribution in [3.8, 4) is 0 Å². The molecule has 1 aromatic rings. The van der Waals surface area contributed by atoms with Gasteiger partial charge in [0, 0.05) is 19.3 Å². The lowest BCUT2D eigenvalue weighted by Gasteiger charge is -2.27. The Balaban J connectivity index is 2.11. The molecule has 0 spiro atoms. The van der Waals surface area contributed by atoms with Gasteiger partial charge in [0.05, 0.1) is 5.92 Å². The van der Waals surface area contributed by atoms with E-state index < -0.39 is 0 Å². The van der Waals surface area contributed by atoms with Crippen LogP contribution in [-0.2, 0) is 4.79 Å². The van der Waals surface area contributed by atoms with E-state index in [4.69, 9.17) is 0 Å². The Labute approximate surface area is 103 Å². The molecule has 0 radical (unpaired) electrons. The number of nitrogens with zero attached hydrogens (tertiary/aromatic N) is 1. The molecular formula is C14H20N2O. The molecule has 1 aliphatic heterocycles. The van der Waals surface area contributed by atoms with E-state index in [1.165, 1.54) is 0 Å². The number of nitrogens with one attached hydrogen (secondary N) is 1. The van der Waals surface area contributed by atoms with E-state index in [-0.39, 0.29) is 11.8 Å². The van der Waals surface area contributed by atoms with Gasteiger partial charge in [0.25, 0.3) is 0 Å². The molecule has 2 rings (SSSR count). The van der Waals surface area contributed by atoms with Crippen LogP contribution in [0.4, 0.5) is 5.69 Å². The van der Waals surface area contributed by atoms with Gasteiger partial charge in [-0.25, -0.2) is 0 Å². The highest BCUT2D eigenvalue weighted by atomic mass is 16.2. The third-order valence-corrected chi connectivity index (χ3v) is 3.45. The predicted molar refractivity (Wildman–Crippen MR) is 70.2 cm³/mol. The molecule has 1 saturated heterocycles. The van der Waals surface area contributed by atoms with E-state index in [9.17, 15) is 4.79 Å². The monoisotopic (exact) mass is 232 g/mol. The number of amides is 1. The van der Waals surface area contributed by atoms with Gasteiger partial charge in [0.2, 0.25) is 5.91 Å². The number of piperidine rings is 1. The Hall–Kier alpha value is -1.35. The molecule has 0 aliphatic carbocycles. The lowest BCUT2D eigenvalue weighted by molar-refractivity contribution is -0.122. The maximum absolute atomic E-state index is 12.3. The topological polar surface area (TPSA) is 32.3 Å². The summed E-state index contributed by atoms with van der Waals surface area (Å²) in [7, 11) is 1.87. The molecule has 1 N–H and O–H groups in total. The average molecular weight is 232 g/mol. The molecule has 0 unspecified atom stereocenters. The molecular weight excluding hydrogens is 212 g/mol. The highest BCUT2D eigenvalue weighted by molar-refractivity contribution is 5.95. The quantitative estimate of drug-likeness (QED) is 0.845. The normalized spacial score (nSPS) is 20.0. The minimum atomic E-state index is 0.133. The fourth-order valence-corrected chi connectivity index (χ4v) is 2.39. The van der Waals surface area contributed by atoms with Crippen molar-refractivity contribution >= 4 is 11.6 Å². The highest BCUT2D eigenvalue weighted by Crippen LogP contribution is 2.21. The van der Waals surface area contributed by atoms with E-state index in [0.717, 1.165) is 37.2 Å². The maximum atomic E-state index is 12.3. The smallest absolute Gasteiger partial charge is 0.231 e. The van der Waals surface area contributed by atoms with Crippen molar-refractivity contribution in [3.05, 3.63) is 29.8 Å². The van der Waals surface area contributed by atoms with E-state index in [2.05, 4.69) is 5.32 Å². The first-order valence-corrected chi connectivity index (χ1v) is 6.24. The van der Waals surface area contributed by atoms with Crippen LogP contribution in [0.25, 0.3) is 0 Å². The second-order valence-electron chi connectivity index (χ2n) is 4.73. The first kappa shape index (κ1) is 12.1.